The average Bonchev–Trinajstić information content (AvgIpc) is 2.61. The van der Waals surface area contributed by atoms with E-state index in [9.17, 15) is 9.59 Å². The molecule has 0 saturated carbocycles. The van der Waals surface area contributed by atoms with Gasteiger partial charge in [-0.2, -0.15) is 0 Å². The Balaban J connectivity index is 2.37. The normalized spacial score (nSPS) is 20.4. The lowest BCUT2D eigenvalue weighted by Crippen LogP contribution is -2.41. The fourth-order valence-corrected chi connectivity index (χ4v) is 2.13. The van der Waals surface area contributed by atoms with E-state index in [1.807, 2.05) is 27.7 Å². The summed E-state index contributed by atoms with van der Waals surface area (Å²) in [6.45, 7) is 8.37. The molecule has 2 heterocycles. The molecule has 0 aliphatic carbocycles. The van der Waals surface area contributed by atoms with Crippen molar-refractivity contribution in [2.75, 3.05) is 13.6 Å². The summed E-state index contributed by atoms with van der Waals surface area (Å²) < 4.78 is 12.0. The van der Waals surface area contributed by atoms with Gasteiger partial charge in [0.25, 0.3) is 5.56 Å². The standard InChI is InChI=1S/C14H22BN3O4/c1-13(2)14(3,4)22-15(21-13)10(8-16-5)6-9-7-17-12(20)18-11(9)19/h6-7,16H,8H2,1-5H3,(H2,17,18,19,20). The molecule has 1 aliphatic heterocycles. The van der Waals surface area contributed by atoms with Crippen molar-refractivity contribution >= 4 is 13.2 Å². The predicted octanol–water partition coefficient (Wildman–Crippen LogP) is 0.297. The largest absolute Gasteiger partial charge is 0.491 e. The summed E-state index contributed by atoms with van der Waals surface area (Å²) >= 11 is 0. The van der Waals surface area contributed by atoms with Crippen LogP contribution in [0.5, 0.6) is 0 Å². The Hall–Kier alpha value is -1.64. The van der Waals surface area contributed by atoms with Crippen molar-refractivity contribution in [3.8, 4) is 0 Å². The number of hydrogen-bond donors (Lipinski definition) is 3. The fraction of sp³-hybridized carbons (Fsp3) is 0.571. The summed E-state index contributed by atoms with van der Waals surface area (Å²) in [6.07, 6.45) is 3.05. The van der Waals surface area contributed by atoms with Gasteiger partial charge >= 0.3 is 12.8 Å². The molecule has 1 saturated heterocycles. The molecule has 1 aromatic heterocycles. The smallest absolute Gasteiger partial charge is 0.400 e. The van der Waals surface area contributed by atoms with E-state index in [-0.39, 0.29) is 0 Å². The predicted molar refractivity (Wildman–Crippen MR) is 85.7 cm³/mol. The van der Waals surface area contributed by atoms with E-state index in [1.54, 1.807) is 13.1 Å². The van der Waals surface area contributed by atoms with Crippen molar-refractivity contribution in [3.63, 3.8) is 0 Å². The molecular formula is C14H22BN3O4. The summed E-state index contributed by atoms with van der Waals surface area (Å²) in [5.74, 6) is 0. The van der Waals surface area contributed by atoms with Crippen LogP contribution in [0.2, 0.25) is 0 Å². The second kappa shape index (κ2) is 5.87. The Kier molecular flexibility index (Phi) is 4.46. The third kappa shape index (κ3) is 3.24. The summed E-state index contributed by atoms with van der Waals surface area (Å²) in [5, 5.41) is 3.04. The molecule has 1 aromatic rings. The molecule has 0 bridgehead atoms. The first-order valence-electron chi connectivity index (χ1n) is 7.19. The highest BCUT2D eigenvalue weighted by molar-refractivity contribution is 6.55. The summed E-state index contributed by atoms with van der Waals surface area (Å²) in [7, 11) is 1.25. The Labute approximate surface area is 129 Å². The number of hydrogen-bond acceptors (Lipinski definition) is 5. The number of likely N-dealkylation sites (N-methyl/N-ethyl adjacent to an activating group) is 1. The van der Waals surface area contributed by atoms with Gasteiger partial charge in [0.1, 0.15) is 0 Å². The zero-order chi connectivity index (χ0) is 16.5. The van der Waals surface area contributed by atoms with Crippen LogP contribution in [-0.2, 0) is 9.31 Å². The van der Waals surface area contributed by atoms with Gasteiger partial charge in [-0.25, -0.2) is 4.79 Å². The maximum atomic E-state index is 11.8. The second-order valence-corrected chi connectivity index (χ2v) is 6.37. The van der Waals surface area contributed by atoms with Crippen LogP contribution in [0.3, 0.4) is 0 Å². The molecule has 0 radical (unpaired) electrons. The first-order chi connectivity index (χ1) is 10.2. The molecule has 3 N–H and O–H groups in total. The number of aromatic amines is 2. The van der Waals surface area contributed by atoms with Crippen molar-refractivity contribution in [3.05, 3.63) is 38.1 Å². The van der Waals surface area contributed by atoms with E-state index < -0.39 is 29.6 Å². The van der Waals surface area contributed by atoms with E-state index >= 15 is 0 Å². The number of rotatable bonds is 4. The Morgan fingerprint density at radius 1 is 1.27 bits per heavy atom. The third-order valence-corrected chi connectivity index (χ3v) is 4.13. The van der Waals surface area contributed by atoms with Gasteiger partial charge in [0.2, 0.25) is 0 Å². The quantitative estimate of drug-likeness (QED) is 0.695. The van der Waals surface area contributed by atoms with Gasteiger partial charge in [-0.05, 0) is 40.2 Å². The minimum atomic E-state index is -0.552. The van der Waals surface area contributed by atoms with Crippen molar-refractivity contribution in [1.82, 2.24) is 15.3 Å². The summed E-state index contributed by atoms with van der Waals surface area (Å²) in [6, 6.07) is 0. The van der Waals surface area contributed by atoms with Gasteiger partial charge in [0.15, 0.2) is 0 Å². The first kappa shape index (κ1) is 16.7. The molecule has 1 fully saturated rings. The molecule has 7 nitrogen and oxygen atoms in total. The Morgan fingerprint density at radius 3 is 2.36 bits per heavy atom. The van der Waals surface area contributed by atoms with Gasteiger partial charge in [-0.1, -0.05) is 6.08 Å². The first-order valence-corrected chi connectivity index (χ1v) is 7.19. The topological polar surface area (TPSA) is 96.2 Å². The van der Waals surface area contributed by atoms with E-state index in [2.05, 4.69) is 15.3 Å². The van der Waals surface area contributed by atoms with Crippen LogP contribution in [0.15, 0.2) is 21.3 Å². The Morgan fingerprint density at radius 2 is 1.86 bits per heavy atom. The maximum absolute atomic E-state index is 11.8. The summed E-state index contributed by atoms with van der Waals surface area (Å²) in [5.41, 5.74) is -0.774. The highest BCUT2D eigenvalue weighted by atomic mass is 16.7. The minimum absolute atomic E-state index is 0.347. The maximum Gasteiger partial charge on any atom is 0.491 e. The molecule has 8 heteroatoms. The van der Waals surface area contributed by atoms with Gasteiger partial charge in [-0.3, -0.25) is 9.78 Å². The van der Waals surface area contributed by atoms with Gasteiger partial charge < -0.3 is 19.6 Å². The van der Waals surface area contributed by atoms with Crippen LogP contribution in [0.25, 0.3) is 6.08 Å². The molecule has 2 rings (SSSR count). The SMILES string of the molecule is CNCC(=Cc1c[nH]c(=O)[nH]c1=O)B1OC(C)(C)C(C)(C)O1. The molecule has 0 aromatic carbocycles. The zero-order valence-electron chi connectivity index (χ0n) is 13.6. The van der Waals surface area contributed by atoms with E-state index in [1.165, 1.54) is 6.20 Å². The van der Waals surface area contributed by atoms with Crippen LogP contribution < -0.4 is 16.6 Å². The van der Waals surface area contributed by atoms with Crippen LogP contribution in [-0.4, -0.2) is 41.9 Å². The second-order valence-electron chi connectivity index (χ2n) is 6.37. The van der Waals surface area contributed by atoms with Gasteiger partial charge in [0, 0.05) is 12.7 Å². The summed E-state index contributed by atoms with van der Waals surface area (Å²) in [4.78, 5) is 27.6. The number of nitrogens with one attached hydrogen (secondary N) is 3. The van der Waals surface area contributed by atoms with E-state index in [4.69, 9.17) is 9.31 Å². The van der Waals surface area contributed by atoms with E-state index in [0.29, 0.717) is 12.1 Å². The number of H-pyrrole nitrogens is 2. The molecule has 22 heavy (non-hydrogen) atoms. The average molecular weight is 307 g/mol. The fourth-order valence-electron chi connectivity index (χ4n) is 2.13. The lowest BCUT2D eigenvalue weighted by atomic mass is 9.77. The van der Waals surface area contributed by atoms with Crippen LogP contribution in [0.1, 0.15) is 33.3 Å². The lowest BCUT2D eigenvalue weighted by molar-refractivity contribution is 0.00578. The molecule has 0 unspecified atom stereocenters. The monoisotopic (exact) mass is 307 g/mol. The van der Waals surface area contributed by atoms with Crippen LogP contribution in [0.4, 0.5) is 0 Å². The van der Waals surface area contributed by atoms with E-state index in [0.717, 1.165) is 5.47 Å². The molecule has 0 amide bonds. The highest BCUT2D eigenvalue weighted by Gasteiger charge is 2.52. The van der Waals surface area contributed by atoms with Crippen LogP contribution >= 0.6 is 0 Å². The van der Waals surface area contributed by atoms with Crippen molar-refractivity contribution < 1.29 is 9.31 Å². The third-order valence-electron chi connectivity index (χ3n) is 4.13. The Bertz CT molecular complexity index is 674. The van der Waals surface area contributed by atoms with Gasteiger partial charge in [0.05, 0.1) is 16.8 Å². The number of aromatic nitrogens is 2. The highest BCUT2D eigenvalue weighted by Crippen LogP contribution is 2.38. The molecule has 1 aliphatic rings. The zero-order valence-corrected chi connectivity index (χ0v) is 13.6. The van der Waals surface area contributed by atoms with Crippen molar-refractivity contribution in [2.45, 2.75) is 38.9 Å². The van der Waals surface area contributed by atoms with Crippen molar-refractivity contribution in [2.24, 2.45) is 0 Å². The molecule has 120 valence electrons. The minimum Gasteiger partial charge on any atom is -0.400 e. The van der Waals surface area contributed by atoms with Crippen LogP contribution in [0, 0.1) is 0 Å². The molecule has 0 atom stereocenters. The van der Waals surface area contributed by atoms with Gasteiger partial charge in [-0.15, -0.1) is 0 Å². The van der Waals surface area contributed by atoms with Crippen molar-refractivity contribution in [1.29, 1.82) is 0 Å². The molecule has 0 spiro atoms. The lowest BCUT2D eigenvalue weighted by Gasteiger charge is -2.32. The molecular weight excluding hydrogens is 285 g/mol.